The molecule has 0 radical (unpaired) electrons. The topological polar surface area (TPSA) is 81.9 Å². The molecule has 0 saturated carbocycles. The molecule has 0 fully saturated rings. The first-order valence-corrected chi connectivity index (χ1v) is 8.21. The van der Waals surface area contributed by atoms with Crippen molar-refractivity contribution in [2.24, 2.45) is 5.92 Å². The summed E-state index contributed by atoms with van der Waals surface area (Å²) in [6.45, 7) is 5.54. The lowest BCUT2D eigenvalue weighted by atomic mass is 10.2. The van der Waals surface area contributed by atoms with Crippen LogP contribution in [0.5, 0.6) is 5.75 Å². The van der Waals surface area contributed by atoms with Gasteiger partial charge in [0.05, 0.1) is 17.2 Å². The highest BCUT2D eigenvalue weighted by molar-refractivity contribution is 7.89. The van der Waals surface area contributed by atoms with Crippen LogP contribution < -0.4 is 10.5 Å². The average Bonchev–Trinajstić information content (AvgIpc) is 2.39. The molecule has 1 aromatic rings. The first-order chi connectivity index (χ1) is 9.75. The quantitative estimate of drug-likeness (QED) is 0.581. The molecule has 0 amide bonds. The van der Waals surface area contributed by atoms with Gasteiger partial charge in [-0.05, 0) is 18.1 Å². The van der Waals surface area contributed by atoms with Crippen LogP contribution in [0.2, 0.25) is 0 Å². The van der Waals surface area contributed by atoms with E-state index in [0.29, 0.717) is 37.2 Å². The molecule has 6 nitrogen and oxygen atoms in total. The molecule has 0 bridgehead atoms. The van der Waals surface area contributed by atoms with Crippen molar-refractivity contribution < 1.29 is 17.9 Å². The number of anilines is 1. The molecule has 0 saturated heterocycles. The summed E-state index contributed by atoms with van der Waals surface area (Å²) in [4.78, 5) is 0.153. The van der Waals surface area contributed by atoms with Crippen LogP contribution in [0, 0.1) is 5.92 Å². The van der Waals surface area contributed by atoms with Gasteiger partial charge in [-0.2, -0.15) is 0 Å². The van der Waals surface area contributed by atoms with E-state index in [1.54, 1.807) is 0 Å². The van der Waals surface area contributed by atoms with Gasteiger partial charge in [0.15, 0.2) is 0 Å². The van der Waals surface area contributed by atoms with E-state index >= 15 is 0 Å². The van der Waals surface area contributed by atoms with Gasteiger partial charge in [0.1, 0.15) is 12.4 Å². The maximum Gasteiger partial charge on any atom is 0.242 e. The molecular formula is C14H24N2O4S. The van der Waals surface area contributed by atoms with Crippen molar-refractivity contribution in [3.8, 4) is 5.75 Å². The number of nitrogens with zero attached hydrogens (tertiary/aromatic N) is 1. The van der Waals surface area contributed by atoms with E-state index in [1.807, 2.05) is 0 Å². The summed E-state index contributed by atoms with van der Waals surface area (Å²) in [5.41, 5.74) is 6.20. The van der Waals surface area contributed by atoms with Gasteiger partial charge in [0, 0.05) is 26.8 Å². The Morgan fingerprint density at radius 1 is 1.24 bits per heavy atom. The maximum atomic E-state index is 12.1. The fourth-order valence-electron chi connectivity index (χ4n) is 1.54. The van der Waals surface area contributed by atoms with E-state index in [1.165, 1.54) is 32.3 Å². The lowest BCUT2D eigenvalue weighted by molar-refractivity contribution is 0.0820. The molecule has 0 aliphatic carbocycles. The van der Waals surface area contributed by atoms with E-state index in [4.69, 9.17) is 15.2 Å². The van der Waals surface area contributed by atoms with Gasteiger partial charge in [-0.3, -0.25) is 0 Å². The first-order valence-electron chi connectivity index (χ1n) is 6.77. The number of rotatable bonds is 8. The Morgan fingerprint density at radius 2 is 1.90 bits per heavy atom. The second-order valence-corrected chi connectivity index (χ2v) is 7.46. The highest BCUT2D eigenvalue weighted by Crippen LogP contribution is 2.26. The lowest BCUT2D eigenvalue weighted by Gasteiger charge is -2.14. The third-order valence-electron chi connectivity index (χ3n) is 2.70. The Kier molecular flexibility index (Phi) is 6.44. The summed E-state index contributed by atoms with van der Waals surface area (Å²) in [7, 11) is -0.540. The molecule has 0 aliphatic rings. The zero-order valence-corrected chi connectivity index (χ0v) is 13.8. The Labute approximate surface area is 126 Å². The molecule has 1 rings (SSSR count). The molecule has 120 valence electrons. The van der Waals surface area contributed by atoms with E-state index in [2.05, 4.69) is 13.8 Å². The fraction of sp³-hybridized carbons (Fsp3) is 0.571. The summed E-state index contributed by atoms with van der Waals surface area (Å²) >= 11 is 0. The van der Waals surface area contributed by atoms with Crippen LogP contribution >= 0.6 is 0 Å². The van der Waals surface area contributed by atoms with Gasteiger partial charge < -0.3 is 15.2 Å². The summed E-state index contributed by atoms with van der Waals surface area (Å²) in [5.74, 6) is 0.815. The highest BCUT2D eigenvalue weighted by atomic mass is 32.2. The van der Waals surface area contributed by atoms with E-state index < -0.39 is 10.0 Å². The molecular weight excluding hydrogens is 292 g/mol. The summed E-state index contributed by atoms with van der Waals surface area (Å²) in [6, 6.07) is 4.43. The van der Waals surface area contributed by atoms with Crippen LogP contribution in [0.3, 0.4) is 0 Å². The van der Waals surface area contributed by atoms with Gasteiger partial charge in [-0.1, -0.05) is 13.8 Å². The number of nitrogen functional groups attached to an aromatic ring is 1. The second-order valence-electron chi connectivity index (χ2n) is 5.30. The number of ether oxygens (including phenoxy) is 2. The van der Waals surface area contributed by atoms with Gasteiger partial charge in [-0.25, -0.2) is 12.7 Å². The number of benzene rings is 1. The van der Waals surface area contributed by atoms with Crippen LogP contribution in [0.4, 0.5) is 5.69 Å². The average molecular weight is 316 g/mol. The fourth-order valence-corrected chi connectivity index (χ4v) is 2.46. The zero-order valence-electron chi connectivity index (χ0n) is 13.0. The van der Waals surface area contributed by atoms with Crippen molar-refractivity contribution in [2.75, 3.05) is 39.6 Å². The van der Waals surface area contributed by atoms with Crippen LogP contribution in [-0.4, -0.2) is 46.6 Å². The van der Waals surface area contributed by atoms with Crippen LogP contribution in [0.25, 0.3) is 0 Å². The van der Waals surface area contributed by atoms with Gasteiger partial charge >= 0.3 is 0 Å². The number of hydrogen-bond donors (Lipinski definition) is 1. The molecule has 0 atom stereocenters. The summed E-state index contributed by atoms with van der Waals surface area (Å²) in [5, 5.41) is 0. The Bertz CT molecular complexity index is 556. The molecule has 0 heterocycles. The third-order valence-corrected chi connectivity index (χ3v) is 4.51. The Morgan fingerprint density at radius 3 is 2.48 bits per heavy atom. The minimum atomic E-state index is -3.50. The standard InChI is InChI=1S/C14H24N2O4S/c1-11(2)10-19-7-8-20-14-9-12(5-6-13(14)15)21(17,18)16(3)4/h5-6,9,11H,7-8,10,15H2,1-4H3. The third kappa shape index (κ3) is 5.18. The molecule has 0 spiro atoms. The maximum absolute atomic E-state index is 12.1. The number of sulfonamides is 1. The van der Waals surface area contributed by atoms with Crippen LogP contribution in [0.15, 0.2) is 23.1 Å². The molecule has 7 heteroatoms. The monoisotopic (exact) mass is 316 g/mol. The molecule has 0 aromatic heterocycles. The predicted octanol–water partition coefficient (Wildman–Crippen LogP) is 1.57. The Hall–Kier alpha value is -1.31. The normalized spacial score (nSPS) is 12.1. The number of hydrogen-bond acceptors (Lipinski definition) is 5. The Balaban J connectivity index is 2.71. The van der Waals surface area contributed by atoms with Gasteiger partial charge in [0.25, 0.3) is 0 Å². The van der Waals surface area contributed by atoms with Crippen molar-refractivity contribution in [1.29, 1.82) is 0 Å². The van der Waals surface area contributed by atoms with Crippen molar-refractivity contribution >= 4 is 15.7 Å². The van der Waals surface area contributed by atoms with E-state index in [9.17, 15) is 8.42 Å². The highest BCUT2D eigenvalue weighted by Gasteiger charge is 2.18. The molecule has 0 unspecified atom stereocenters. The van der Waals surface area contributed by atoms with Crippen molar-refractivity contribution in [2.45, 2.75) is 18.7 Å². The number of nitrogens with two attached hydrogens (primary N) is 1. The SMILES string of the molecule is CC(C)COCCOc1cc(S(=O)(=O)N(C)C)ccc1N. The largest absolute Gasteiger partial charge is 0.489 e. The summed E-state index contributed by atoms with van der Waals surface area (Å²) < 4.78 is 36.2. The first kappa shape index (κ1) is 17.7. The predicted molar refractivity (Wildman–Crippen MR) is 82.9 cm³/mol. The minimum absolute atomic E-state index is 0.153. The van der Waals surface area contributed by atoms with Crippen molar-refractivity contribution in [3.63, 3.8) is 0 Å². The van der Waals surface area contributed by atoms with Crippen LogP contribution in [-0.2, 0) is 14.8 Å². The smallest absolute Gasteiger partial charge is 0.242 e. The second kappa shape index (κ2) is 7.63. The van der Waals surface area contributed by atoms with Crippen LogP contribution in [0.1, 0.15) is 13.8 Å². The van der Waals surface area contributed by atoms with Crippen molar-refractivity contribution in [1.82, 2.24) is 4.31 Å². The van der Waals surface area contributed by atoms with Crippen molar-refractivity contribution in [3.05, 3.63) is 18.2 Å². The molecule has 21 heavy (non-hydrogen) atoms. The minimum Gasteiger partial charge on any atom is -0.489 e. The van der Waals surface area contributed by atoms with Gasteiger partial charge in [0.2, 0.25) is 10.0 Å². The lowest BCUT2D eigenvalue weighted by Crippen LogP contribution is -2.22. The zero-order chi connectivity index (χ0) is 16.0. The summed E-state index contributed by atoms with van der Waals surface area (Å²) in [6.07, 6.45) is 0. The molecule has 0 aliphatic heterocycles. The van der Waals surface area contributed by atoms with E-state index in [0.717, 1.165) is 4.31 Å². The molecule has 1 aromatic carbocycles. The van der Waals surface area contributed by atoms with Gasteiger partial charge in [-0.15, -0.1) is 0 Å². The molecule has 2 N–H and O–H groups in total. The van der Waals surface area contributed by atoms with E-state index in [-0.39, 0.29) is 4.90 Å².